The maximum atomic E-state index is 8.88. The van der Waals surface area contributed by atoms with Crippen LogP contribution in [0.3, 0.4) is 0 Å². The molecular weight excluding hydrogens is 380 g/mol. The molecule has 0 saturated carbocycles. The molecule has 0 bridgehead atoms. The van der Waals surface area contributed by atoms with E-state index in [2.05, 4.69) is 41.6 Å². The summed E-state index contributed by atoms with van der Waals surface area (Å²) in [6.07, 6.45) is 2.04. The second kappa shape index (κ2) is 5.80. The first kappa shape index (κ1) is 15.7. The van der Waals surface area contributed by atoms with Gasteiger partial charge in [0.25, 0.3) is 0 Å². The number of imidazole rings is 1. The Hall–Kier alpha value is -2.17. The zero-order valence-electron chi connectivity index (χ0n) is 12.2. The van der Waals surface area contributed by atoms with Gasteiger partial charge in [0.05, 0.1) is 42.4 Å². The Morgan fingerprint density at radius 3 is 3.00 bits per heavy atom. The Morgan fingerprint density at radius 1 is 1.39 bits per heavy atom. The first-order valence-electron chi connectivity index (χ1n) is 6.81. The van der Waals surface area contributed by atoms with Gasteiger partial charge in [0.15, 0.2) is 11.6 Å². The SMILES string of the molecule is Cc1ncn2c1Cn1nc(CC#N)nc1-c1cc(Br)ccc1-2.Cl. The summed E-state index contributed by atoms with van der Waals surface area (Å²) in [6, 6.07) is 8.17. The fourth-order valence-corrected chi connectivity index (χ4v) is 3.11. The van der Waals surface area contributed by atoms with Crippen molar-refractivity contribution >= 4 is 28.3 Å². The predicted octanol–water partition coefficient (Wildman–Crippen LogP) is 3.05. The smallest absolute Gasteiger partial charge is 0.165 e. The number of hydrogen-bond donors (Lipinski definition) is 0. The van der Waals surface area contributed by atoms with Gasteiger partial charge in [-0.25, -0.2) is 14.6 Å². The molecule has 0 aliphatic carbocycles. The third-order valence-electron chi connectivity index (χ3n) is 3.79. The van der Waals surface area contributed by atoms with Crippen molar-refractivity contribution in [3.05, 3.63) is 46.2 Å². The van der Waals surface area contributed by atoms with Crippen LogP contribution in [0.2, 0.25) is 0 Å². The minimum atomic E-state index is 0. The van der Waals surface area contributed by atoms with Crippen LogP contribution in [-0.4, -0.2) is 24.3 Å². The molecule has 0 unspecified atom stereocenters. The van der Waals surface area contributed by atoms with Gasteiger partial charge in [-0.2, -0.15) is 10.4 Å². The summed E-state index contributed by atoms with van der Waals surface area (Å²) in [5.74, 6) is 1.33. The molecule has 1 aliphatic rings. The first-order valence-corrected chi connectivity index (χ1v) is 7.60. The van der Waals surface area contributed by atoms with Crippen LogP contribution in [0.1, 0.15) is 17.2 Å². The fourth-order valence-electron chi connectivity index (χ4n) is 2.74. The molecule has 2 aromatic heterocycles. The van der Waals surface area contributed by atoms with E-state index in [0.717, 1.165) is 32.9 Å². The molecule has 6 nitrogen and oxygen atoms in total. The molecule has 1 aliphatic heterocycles. The molecule has 116 valence electrons. The lowest BCUT2D eigenvalue weighted by Gasteiger charge is -2.08. The standard InChI is InChI=1S/C15H11BrN6.ClH/c1-9-13-7-22-15(19-14(20-22)4-5-17)11-6-10(16)2-3-12(11)21(13)8-18-9;/h2-3,6,8H,4,7H2,1H3;1H. The van der Waals surface area contributed by atoms with Crippen LogP contribution in [-0.2, 0) is 13.0 Å². The maximum Gasteiger partial charge on any atom is 0.165 e. The van der Waals surface area contributed by atoms with Crippen molar-refractivity contribution in [3.8, 4) is 23.1 Å². The lowest BCUT2D eigenvalue weighted by molar-refractivity contribution is 0.665. The fraction of sp³-hybridized carbons (Fsp3) is 0.200. The van der Waals surface area contributed by atoms with Crippen molar-refractivity contribution in [2.75, 3.05) is 0 Å². The Bertz CT molecular complexity index is 936. The molecule has 0 amide bonds. The van der Waals surface area contributed by atoms with Crippen LogP contribution in [0, 0.1) is 18.3 Å². The van der Waals surface area contributed by atoms with E-state index in [-0.39, 0.29) is 18.8 Å². The second-order valence-electron chi connectivity index (χ2n) is 5.15. The number of nitrogens with zero attached hydrogens (tertiary/aromatic N) is 6. The minimum absolute atomic E-state index is 0. The van der Waals surface area contributed by atoms with E-state index in [1.165, 1.54) is 0 Å². The Kier molecular flexibility index (Phi) is 3.96. The first-order chi connectivity index (χ1) is 10.7. The zero-order valence-corrected chi connectivity index (χ0v) is 14.6. The molecular formula is C15H12BrClN6. The van der Waals surface area contributed by atoms with Crippen molar-refractivity contribution in [1.82, 2.24) is 24.3 Å². The summed E-state index contributed by atoms with van der Waals surface area (Å²) in [4.78, 5) is 8.96. The van der Waals surface area contributed by atoms with E-state index in [0.29, 0.717) is 12.4 Å². The van der Waals surface area contributed by atoms with Crippen LogP contribution >= 0.6 is 28.3 Å². The average Bonchev–Trinajstić information content (AvgIpc) is 3.02. The molecule has 0 fully saturated rings. The molecule has 23 heavy (non-hydrogen) atoms. The van der Waals surface area contributed by atoms with Crippen LogP contribution in [0.25, 0.3) is 17.1 Å². The van der Waals surface area contributed by atoms with Crippen molar-refractivity contribution in [1.29, 1.82) is 5.26 Å². The van der Waals surface area contributed by atoms with Gasteiger partial charge in [-0.05, 0) is 25.1 Å². The van der Waals surface area contributed by atoms with Gasteiger partial charge in [0.1, 0.15) is 0 Å². The highest BCUT2D eigenvalue weighted by Gasteiger charge is 2.23. The maximum absolute atomic E-state index is 8.88. The second-order valence-corrected chi connectivity index (χ2v) is 6.07. The van der Waals surface area contributed by atoms with Crippen LogP contribution in [0.4, 0.5) is 0 Å². The third-order valence-corrected chi connectivity index (χ3v) is 4.28. The zero-order chi connectivity index (χ0) is 15.3. The minimum Gasteiger partial charge on any atom is -0.300 e. The van der Waals surface area contributed by atoms with Gasteiger partial charge in [0.2, 0.25) is 0 Å². The van der Waals surface area contributed by atoms with E-state index in [4.69, 9.17) is 5.26 Å². The summed E-state index contributed by atoms with van der Waals surface area (Å²) in [7, 11) is 0. The molecule has 3 heterocycles. The van der Waals surface area contributed by atoms with Crippen molar-refractivity contribution < 1.29 is 0 Å². The average molecular weight is 392 g/mol. The molecule has 4 rings (SSSR count). The van der Waals surface area contributed by atoms with Crippen molar-refractivity contribution in [2.24, 2.45) is 0 Å². The van der Waals surface area contributed by atoms with E-state index in [9.17, 15) is 0 Å². The number of hydrogen-bond acceptors (Lipinski definition) is 4. The molecule has 8 heteroatoms. The number of rotatable bonds is 1. The van der Waals surface area contributed by atoms with Gasteiger partial charge in [-0.3, -0.25) is 0 Å². The number of halogens is 2. The molecule has 0 spiro atoms. The van der Waals surface area contributed by atoms with Gasteiger partial charge in [0, 0.05) is 10.0 Å². The summed E-state index contributed by atoms with van der Waals surface area (Å²) >= 11 is 3.52. The van der Waals surface area contributed by atoms with Crippen LogP contribution < -0.4 is 0 Å². The van der Waals surface area contributed by atoms with Crippen molar-refractivity contribution in [3.63, 3.8) is 0 Å². The summed E-state index contributed by atoms with van der Waals surface area (Å²) in [6.45, 7) is 2.58. The van der Waals surface area contributed by atoms with E-state index in [1.807, 2.05) is 36.1 Å². The molecule has 0 saturated heterocycles. The number of fused-ring (bicyclic) bond motifs is 5. The lowest BCUT2D eigenvalue weighted by atomic mass is 10.1. The number of benzene rings is 1. The highest BCUT2D eigenvalue weighted by atomic mass is 79.9. The number of aryl methyl sites for hydroxylation is 1. The molecule has 3 aromatic rings. The molecule has 0 radical (unpaired) electrons. The predicted molar refractivity (Wildman–Crippen MR) is 90.7 cm³/mol. The van der Waals surface area contributed by atoms with Gasteiger partial charge in [-0.15, -0.1) is 12.4 Å². The van der Waals surface area contributed by atoms with E-state index < -0.39 is 0 Å². The normalized spacial score (nSPS) is 11.5. The van der Waals surface area contributed by atoms with Gasteiger partial charge in [-0.1, -0.05) is 15.9 Å². The van der Waals surface area contributed by atoms with E-state index in [1.54, 1.807) is 0 Å². The summed E-state index contributed by atoms with van der Waals surface area (Å²) in [5.41, 5.74) is 4.05. The largest absolute Gasteiger partial charge is 0.300 e. The van der Waals surface area contributed by atoms with Gasteiger partial charge < -0.3 is 4.57 Å². The summed E-state index contributed by atoms with van der Waals surface area (Å²) in [5, 5.41) is 13.4. The topological polar surface area (TPSA) is 72.3 Å². The van der Waals surface area contributed by atoms with E-state index >= 15 is 0 Å². The molecule has 1 aromatic carbocycles. The van der Waals surface area contributed by atoms with Crippen LogP contribution in [0.15, 0.2) is 29.0 Å². The third kappa shape index (κ3) is 2.44. The van der Waals surface area contributed by atoms with Crippen molar-refractivity contribution in [2.45, 2.75) is 19.9 Å². The highest BCUT2D eigenvalue weighted by Crippen LogP contribution is 2.33. The summed E-state index contributed by atoms with van der Waals surface area (Å²) < 4.78 is 4.91. The quantitative estimate of drug-likeness (QED) is 0.500. The number of nitriles is 1. The molecule has 0 atom stereocenters. The Labute approximate surface area is 147 Å². The van der Waals surface area contributed by atoms with Crippen LogP contribution in [0.5, 0.6) is 0 Å². The Balaban J connectivity index is 0.00000156. The molecule has 0 N–H and O–H groups in total. The highest BCUT2D eigenvalue weighted by molar-refractivity contribution is 9.10. The number of aromatic nitrogens is 5. The Morgan fingerprint density at radius 2 is 2.22 bits per heavy atom. The van der Waals surface area contributed by atoms with Gasteiger partial charge >= 0.3 is 0 Å². The monoisotopic (exact) mass is 390 g/mol. The lowest BCUT2D eigenvalue weighted by Crippen LogP contribution is -2.06.